The van der Waals surface area contributed by atoms with Crippen molar-refractivity contribution in [1.82, 2.24) is 9.88 Å². The van der Waals surface area contributed by atoms with Gasteiger partial charge in [0, 0.05) is 56.0 Å². The summed E-state index contributed by atoms with van der Waals surface area (Å²) in [5, 5.41) is 5.37. The molecule has 1 aromatic carbocycles. The van der Waals surface area contributed by atoms with Crippen LogP contribution < -0.4 is 5.32 Å². The highest BCUT2D eigenvalue weighted by Crippen LogP contribution is 2.24. The van der Waals surface area contributed by atoms with Crippen LogP contribution in [0.4, 0.5) is 0 Å². The number of ether oxygens (including phenoxy) is 2. The highest BCUT2D eigenvalue weighted by Gasteiger charge is 2.08. The molecule has 2 rings (SSSR count). The van der Waals surface area contributed by atoms with Crippen molar-refractivity contribution in [2.24, 2.45) is 0 Å². The summed E-state index contributed by atoms with van der Waals surface area (Å²) in [7, 11) is 3.42. The van der Waals surface area contributed by atoms with Gasteiger partial charge in [0.2, 0.25) is 0 Å². The number of hydrogen-bond acceptors (Lipinski definition) is 3. The molecule has 0 spiro atoms. The number of halogens is 1. The molecule has 0 saturated carbocycles. The highest BCUT2D eigenvalue weighted by molar-refractivity contribution is 6.31. The lowest BCUT2D eigenvalue weighted by Gasteiger charge is -2.04. The Morgan fingerprint density at radius 2 is 2.00 bits per heavy atom. The number of aromatic nitrogens is 1. The SMILES string of the molecule is COCCNCc1cn(CCOC)c2cc(Cl)ccc12. The number of methoxy groups -OCH3 is 2. The van der Waals surface area contributed by atoms with Gasteiger partial charge in [-0.1, -0.05) is 17.7 Å². The van der Waals surface area contributed by atoms with E-state index >= 15 is 0 Å². The monoisotopic (exact) mass is 296 g/mol. The molecule has 0 bridgehead atoms. The van der Waals surface area contributed by atoms with Crippen LogP contribution in [0.3, 0.4) is 0 Å². The fourth-order valence-electron chi connectivity index (χ4n) is 2.25. The Morgan fingerprint density at radius 3 is 2.75 bits per heavy atom. The summed E-state index contributed by atoms with van der Waals surface area (Å²) in [6.45, 7) is 3.89. The third kappa shape index (κ3) is 3.73. The third-order valence-corrected chi connectivity index (χ3v) is 3.50. The van der Waals surface area contributed by atoms with Crippen LogP contribution >= 0.6 is 11.6 Å². The molecule has 0 saturated heterocycles. The average molecular weight is 297 g/mol. The summed E-state index contributed by atoms with van der Waals surface area (Å²) >= 11 is 6.10. The van der Waals surface area contributed by atoms with Gasteiger partial charge in [0.1, 0.15) is 0 Å². The molecule has 0 atom stereocenters. The molecular weight excluding hydrogens is 276 g/mol. The first-order valence-corrected chi connectivity index (χ1v) is 7.10. The van der Waals surface area contributed by atoms with Crippen LogP contribution in [0.25, 0.3) is 10.9 Å². The summed E-state index contributed by atoms with van der Waals surface area (Å²) in [5.74, 6) is 0. The molecule has 0 fully saturated rings. The zero-order valence-corrected chi connectivity index (χ0v) is 12.7. The second-order valence-electron chi connectivity index (χ2n) is 4.67. The molecule has 4 nitrogen and oxygen atoms in total. The molecule has 0 unspecified atom stereocenters. The lowest BCUT2D eigenvalue weighted by atomic mass is 10.2. The van der Waals surface area contributed by atoms with Crippen LogP contribution in [0.15, 0.2) is 24.4 Å². The average Bonchev–Trinajstić information content (AvgIpc) is 2.79. The largest absolute Gasteiger partial charge is 0.383 e. The zero-order valence-electron chi connectivity index (χ0n) is 12.0. The molecule has 5 heteroatoms. The molecule has 0 amide bonds. The quantitative estimate of drug-likeness (QED) is 0.761. The number of nitrogens with zero attached hydrogens (tertiary/aromatic N) is 1. The van der Waals surface area contributed by atoms with Crippen molar-refractivity contribution in [1.29, 1.82) is 0 Å². The van der Waals surface area contributed by atoms with Crippen molar-refractivity contribution in [3.8, 4) is 0 Å². The lowest BCUT2D eigenvalue weighted by molar-refractivity contribution is 0.188. The van der Waals surface area contributed by atoms with Crippen molar-refractivity contribution in [3.05, 3.63) is 35.0 Å². The summed E-state index contributed by atoms with van der Waals surface area (Å²) in [6, 6.07) is 6.02. The van der Waals surface area contributed by atoms with Crippen molar-refractivity contribution in [3.63, 3.8) is 0 Å². The fourth-order valence-corrected chi connectivity index (χ4v) is 2.42. The molecule has 2 aromatic rings. The predicted octanol–water partition coefficient (Wildman–Crippen LogP) is 2.68. The van der Waals surface area contributed by atoms with Gasteiger partial charge in [0.15, 0.2) is 0 Å². The second-order valence-corrected chi connectivity index (χ2v) is 5.11. The Morgan fingerprint density at radius 1 is 1.20 bits per heavy atom. The van der Waals surface area contributed by atoms with E-state index in [2.05, 4.69) is 22.1 Å². The Labute approximate surface area is 124 Å². The van der Waals surface area contributed by atoms with Gasteiger partial charge >= 0.3 is 0 Å². The van der Waals surface area contributed by atoms with E-state index < -0.39 is 0 Å². The second kappa shape index (κ2) is 7.64. The third-order valence-electron chi connectivity index (χ3n) is 3.26. The molecule has 0 radical (unpaired) electrons. The van der Waals surface area contributed by atoms with Crippen LogP contribution in [-0.4, -0.2) is 38.5 Å². The van der Waals surface area contributed by atoms with Gasteiger partial charge in [0.25, 0.3) is 0 Å². The van der Waals surface area contributed by atoms with E-state index in [0.29, 0.717) is 13.2 Å². The van der Waals surface area contributed by atoms with Gasteiger partial charge in [-0.3, -0.25) is 0 Å². The van der Waals surface area contributed by atoms with Crippen molar-refractivity contribution >= 4 is 22.5 Å². The van der Waals surface area contributed by atoms with E-state index in [1.54, 1.807) is 14.2 Å². The summed E-state index contributed by atoms with van der Waals surface area (Å²) in [6.07, 6.45) is 2.17. The van der Waals surface area contributed by atoms with Crippen LogP contribution in [0.1, 0.15) is 5.56 Å². The van der Waals surface area contributed by atoms with Gasteiger partial charge in [0.05, 0.1) is 13.2 Å². The Hall–Kier alpha value is -1.07. The zero-order chi connectivity index (χ0) is 14.4. The smallest absolute Gasteiger partial charge is 0.0641 e. The van der Waals surface area contributed by atoms with Gasteiger partial charge in [-0.25, -0.2) is 0 Å². The van der Waals surface area contributed by atoms with Gasteiger partial charge in [-0.05, 0) is 17.7 Å². The maximum absolute atomic E-state index is 6.10. The highest BCUT2D eigenvalue weighted by atomic mass is 35.5. The van der Waals surface area contributed by atoms with E-state index in [1.165, 1.54) is 10.9 Å². The van der Waals surface area contributed by atoms with Crippen LogP contribution in [0.2, 0.25) is 5.02 Å². The Kier molecular flexibility index (Phi) is 5.86. The minimum absolute atomic E-state index is 0.687. The summed E-state index contributed by atoms with van der Waals surface area (Å²) in [5.41, 5.74) is 2.42. The minimum atomic E-state index is 0.687. The molecule has 110 valence electrons. The maximum Gasteiger partial charge on any atom is 0.0641 e. The van der Waals surface area contributed by atoms with Crippen molar-refractivity contribution in [2.45, 2.75) is 13.1 Å². The molecule has 1 N–H and O–H groups in total. The fraction of sp³-hybridized carbons (Fsp3) is 0.467. The predicted molar refractivity (Wildman–Crippen MR) is 82.4 cm³/mol. The van der Waals surface area contributed by atoms with Gasteiger partial charge < -0.3 is 19.4 Å². The molecular formula is C15H21ClN2O2. The topological polar surface area (TPSA) is 35.4 Å². The summed E-state index contributed by atoms with van der Waals surface area (Å²) in [4.78, 5) is 0. The van der Waals surface area contributed by atoms with E-state index in [9.17, 15) is 0 Å². The van der Waals surface area contributed by atoms with E-state index in [1.807, 2.05) is 12.1 Å². The number of nitrogens with one attached hydrogen (secondary N) is 1. The van der Waals surface area contributed by atoms with Crippen LogP contribution in [-0.2, 0) is 22.6 Å². The first-order valence-electron chi connectivity index (χ1n) is 6.72. The number of benzene rings is 1. The normalized spacial score (nSPS) is 11.3. The lowest BCUT2D eigenvalue weighted by Crippen LogP contribution is -2.18. The molecule has 1 heterocycles. The molecule has 0 aliphatic carbocycles. The maximum atomic E-state index is 6.10. The molecule has 0 aliphatic heterocycles. The van der Waals surface area contributed by atoms with Crippen molar-refractivity contribution < 1.29 is 9.47 Å². The van der Waals surface area contributed by atoms with Gasteiger partial charge in [-0.15, -0.1) is 0 Å². The first kappa shape index (κ1) is 15.3. The van der Waals surface area contributed by atoms with Crippen LogP contribution in [0, 0.1) is 0 Å². The summed E-state index contributed by atoms with van der Waals surface area (Å²) < 4.78 is 12.4. The first-order chi connectivity index (χ1) is 9.76. The Bertz CT molecular complexity index is 554. The van der Waals surface area contributed by atoms with Crippen molar-refractivity contribution in [2.75, 3.05) is 34.0 Å². The number of hydrogen-bond donors (Lipinski definition) is 1. The number of fused-ring (bicyclic) bond motifs is 1. The molecule has 1 aromatic heterocycles. The number of rotatable bonds is 8. The molecule has 20 heavy (non-hydrogen) atoms. The molecule has 0 aliphatic rings. The van der Waals surface area contributed by atoms with Crippen LogP contribution in [0.5, 0.6) is 0 Å². The minimum Gasteiger partial charge on any atom is -0.383 e. The Balaban J connectivity index is 2.20. The standard InChI is InChI=1S/C15H21ClN2O2/c1-19-7-5-17-10-12-11-18(6-8-20-2)15-9-13(16)3-4-14(12)15/h3-4,9,11,17H,5-8,10H2,1-2H3. The van der Waals surface area contributed by atoms with E-state index in [-0.39, 0.29) is 0 Å². The van der Waals surface area contributed by atoms with Gasteiger partial charge in [-0.2, -0.15) is 0 Å². The van der Waals surface area contributed by atoms with E-state index in [4.69, 9.17) is 21.1 Å². The van der Waals surface area contributed by atoms with E-state index in [0.717, 1.165) is 30.2 Å².